The first-order chi connectivity index (χ1) is 13.0. The summed E-state index contributed by atoms with van der Waals surface area (Å²) in [6.07, 6.45) is 1.79. The van der Waals surface area contributed by atoms with Crippen molar-refractivity contribution in [3.05, 3.63) is 65.5 Å². The third-order valence-corrected chi connectivity index (χ3v) is 3.96. The predicted octanol–water partition coefficient (Wildman–Crippen LogP) is 2.44. The smallest absolute Gasteiger partial charge is 0.310 e. The predicted molar refractivity (Wildman–Crippen MR) is 96.6 cm³/mol. The molecule has 140 valence electrons. The fourth-order valence-electron chi connectivity index (χ4n) is 2.48. The van der Waals surface area contributed by atoms with Crippen LogP contribution in [0.25, 0.3) is 0 Å². The van der Waals surface area contributed by atoms with Crippen LogP contribution >= 0.6 is 0 Å². The molecule has 2 amide bonds. The van der Waals surface area contributed by atoms with E-state index in [4.69, 9.17) is 4.74 Å². The van der Waals surface area contributed by atoms with Gasteiger partial charge in [-0.1, -0.05) is 24.3 Å². The van der Waals surface area contributed by atoms with Crippen LogP contribution in [0.5, 0.6) is 0 Å². The van der Waals surface area contributed by atoms with Crippen molar-refractivity contribution in [1.82, 2.24) is 5.32 Å². The molecule has 27 heavy (non-hydrogen) atoms. The number of halogens is 1. The number of hydrogen-bond acceptors (Lipinski definition) is 4. The number of benzene rings is 2. The maximum Gasteiger partial charge on any atom is 0.310 e. The van der Waals surface area contributed by atoms with Crippen molar-refractivity contribution in [3.8, 4) is 0 Å². The van der Waals surface area contributed by atoms with Gasteiger partial charge in [0, 0.05) is 6.04 Å². The van der Waals surface area contributed by atoms with Crippen LogP contribution in [0.3, 0.4) is 0 Å². The summed E-state index contributed by atoms with van der Waals surface area (Å²) in [6.45, 7) is -0.493. The number of amides is 2. The molecule has 6 nitrogen and oxygen atoms in total. The number of rotatable bonds is 7. The highest BCUT2D eigenvalue weighted by atomic mass is 19.1. The summed E-state index contributed by atoms with van der Waals surface area (Å²) in [6, 6.07) is 12.4. The van der Waals surface area contributed by atoms with Crippen LogP contribution in [-0.2, 0) is 20.7 Å². The summed E-state index contributed by atoms with van der Waals surface area (Å²) in [4.78, 5) is 36.1. The van der Waals surface area contributed by atoms with Gasteiger partial charge in [-0.05, 0) is 42.7 Å². The van der Waals surface area contributed by atoms with E-state index < -0.39 is 24.3 Å². The summed E-state index contributed by atoms with van der Waals surface area (Å²) in [5.41, 5.74) is 1.16. The molecule has 1 aliphatic carbocycles. The van der Waals surface area contributed by atoms with Gasteiger partial charge >= 0.3 is 5.97 Å². The lowest BCUT2D eigenvalue weighted by atomic mass is 10.1. The van der Waals surface area contributed by atoms with Gasteiger partial charge in [-0.2, -0.15) is 0 Å². The maximum atomic E-state index is 13.1. The van der Waals surface area contributed by atoms with Crippen LogP contribution < -0.4 is 10.6 Å². The minimum Gasteiger partial charge on any atom is -0.455 e. The highest BCUT2D eigenvalue weighted by Crippen LogP contribution is 2.21. The number of anilines is 1. The molecule has 1 aliphatic rings. The summed E-state index contributed by atoms with van der Waals surface area (Å²) in [5.74, 6) is -1.90. The largest absolute Gasteiger partial charge is 0.455 e. The van der Waals surface area contributed by atoms with E-state index in [1.807, 2.05) is 0 Å². The van der Waals surface area contributed by atoms with E-state index in [1.165, 1.54) is 18.2 Å². The third-order valence-electron chi connectivity index (χ3n) is 3.96. The number of carbonyl (C=O) groups excluding carboxylic acids is 3. The lowest BCUT2D eigenvalue weighted by molar-refractivity contribution is -0.146. The van der Waals surface area contributed by atoms with Crippen molar-refractivity contribution in [2.24, 2.45) is 0 Å². The molecule has 3 rings (SSSR count). The van der Waals surface area contributed by atoms with E-state index in [9.17, 15) is 18.8 Å². The average molecular weight is 370 g/mol. The molecule has 0 bridgehead atoms. The van der Waals surface area contributed by atoms with Gasteiger partial charge in [0.1, 0.15) is 5.82 Å². The van der Waals surface area contributed by atoms with Gasteiger partial charge in [0.2, 0.25) is 0 Å². The minimum atomic E-state index is -0.643. The number of ether oxygens (including phenoxy) is 1. The fraction of sp³-hybridized carbons (Fsp3) is 0.250. The van der Waals surface area contributed by atoms with Crippen molar-refractivity contribution in [2.75, 3.05) is 11.9 Å². The second-order valence-electron chi connectivity index (χ2n) is 6.31. The Hall–Kier alpha value is -3.22. The Morgan fingerprint density at radius 1 is 1.07 bits per heavy atom. The topological polar surface area (TPSA) is 84.5 Å². The Morgan fingerprint density at radius 2 is 1.85 bits per heavy atom. The van der Waals surface area contributed by atoms with Crippen molar-refractivity contribution in [1.29, 1.82) is 0 Å². The quantitative estimate of drug-likeness (QED) is 0.733. The molecule has 0 radical (unpaired) electrons. The monoisotopic (exact) mass is 370 g/mol. The van der Waals surface area contributed by atoms with Gasteiger partial charge in [-0.3, -0.25) is 14.4 Å². The van der Waals surface area contributed by atoms with Crippen molar-refractivity contribution in [2.45, 2.75) is 25.3 Å². The van der Waals surface area contributed by atoms with Crippen LogP contribution in [0.2, 0.25) is 0 Å². The van der Waals surface area contributed by atoms with Crippen LogP contribution in [0.1, 0.15) is 28.8 Å². The standard InChI is InChI=1S/C20H19FN2O4/c21-14-5-3-4-13(10-14)11-19(25)27-12-18(24)23-17-7-2-1-6-16(17)20(26)22-15-8-9-15/h1-7,10,15H,8-9,11-12H2,(H,22,26)(H,23,24). The van der Waals surface area contributed by atoms with Gasteiger partial charge in [-0.25, -0.2) is 4.39 Å². The molecule has 0 aromatic heterocycles. The summed E-state index contributed by atoms with van der Waals surface area (Å²) >= 11 is 0. The van der Waals surface area contributed by atoms with E-state index in [0.29, 0.717) is 16.8 Å². The second-order valence-corrected chi connectivity index (χ2v) is 6.31. The first-order valence-electron chi connectivity index (χ1n) is 8.61. The number of carbonyl (C=O) groups is 3. The van der Waals surface area contributed by atoms with Crippen molar-refractivity contribution < 1.29 is 23.5 Å². The first-order valence-corrected chi connectivity index (χ1v) is 8.61. The number of nitrogens with one attached hydrogen (secondary N) is 2. The van der Waals surface area contributed by atoms with Crippen LogP contribution in [0, 0.1) is 5.82 Å². The lowest BCUT2D eigenvalue weighted by Crippen LogP contribution is -2.28. The number of para-hydroxylation sites is 1. The first kappa shape index (κ1) is 18.6. The Morgan fingerprint density at radius 3 is 2.59 bits per heavy atom. The molecule has 0 heterocycles. The van der Waals surface area contributed by atoms with Crippen LogP contribution in [0.4, 0.5) is 10.1 Å². The molecular formula is C20H19FN2O4. The van der Waals surface area contributed by atoms with Crippen molar-refractivity contribution >= 4 is 23.5 Å². The van der Waals surface area contributed by atoms with Gasteiger partial charge in [-0.15, -0.1) is 0 Å². The van der Waals surface area contributed by atoms with E-state index in [1.54, 1.807) is 30.3 Å². The lowest BCUT2D eigenvalue weighted by Gasteiger charge is -2.11. The highest BCUT2D eigenvalue weighted by Gasteiger charge is 2.25. The fourth-order valence-corrected chi connectivity index (χ4v) is 2.48. The average Bonchev–Trinajstić information content (AvgIpc) is 3.44. The van der Waals surface area contributed by atoms with E-state index >= 15 is 0 Å². The zero-order valence-electron chi connectivity index (χ0n) is 14.5. The van der Waals surface area contributed by atoms with Gasteiger partial charge in [0.05, 0.1) is 17.7 Å². The zero-order valence-corrected chi connectivity index (χ0v) is 14.5. The third kappa shape index (κ3) is 5.64. The Balaban J connectivity index is 1.52. The molecule has 0 spiro atoms. The number of esters is 1. The van der Waals surface area contributed by atoms with Crippen molar-refractivity contribution in [3.63, 3.8) is 0 Å². The van der Waals surface area contributed by atoms with Gasteiger partial charge < -0.3 is 15.4 Å². The molecular weight excluding hydrogens is 351 g/mol. The minimum absolute atomic E-state index is 0.134. The summed E-state index contributed by atoms with van der Waals surface area (Å²) in [7, 11) is 0. The molecule has 7 heteroatoms. The van der Waals surface area contributed by atoms with E-state index in [2.05, 4.69) is 10.6 Å². The second kappa shape index (κ2) is 8.44. The highest BCUT2D eigenvalue weighted by molar-refractivity contribution is 6.04. The Labute approximate surface area is 155 Å². The maximum absolute atomic E-state index is 13.1. The van der Waals surface area contributed by atoms with E-state index in [-0.39, 0.29) is 18.4 Å². The molecule has 2 aromatic carbocycles. The molecule has 0 atom stereocenters. The molecule has 1 fully saturated rings. The summed E-state index contributed by atoms with van der Waals surface area (Å²) in [5, 5.41) is 5.44. The summed E-state index contributed by atoms with van der Waals surface area (Å²) < 4.78 is 18.0. The Bertz CT molecular complexity index is 865. The molecule has 0 unspecified atom stereocenters. The van der Waals surface area contributed by atoms with Crippen LogP contribution in [-0.4, -0.2) is 30.4 Å². The Kier molecular flexibility index (Phi) is 5.80. The van der Waals surface area contributed by atoms with Gasteiger partial charge in [0.25, 0.3) is 11.8 Å². The normalized spacial score (nSPS) is 12.9. The molecule has 0 saturated heterocycles. The van der Waals surface area contributed by atoms with Gasteiger partial charge in [0.15, 0.2) is 6.61 Å². The van der Waals surface area contributed by atoms with Crippen LogP contribution in [0.15, 0.2) is 48.5 Å². The van der Waals surface area contributed by atoms with E-state index in [0.717, 1.165) is 12.8 Å². The number of hydrogen-bond donors (Lipinski definition) is 2. The zero-order chi connectivity index (χ0) is 19.2. The molecule has 1 saturated carbocycles. The molecule has 2 N–H and O–H groups in total. The SMILES string of the molecule is O=C(COC(=O)Cc1cccc(F)c1)Nc1ccccc1C(=O)NC1CC1. The molecule has 0 aliphatic heterocycles. The molecule has 2 aromatic rings.